The number of hydrogen-bond acceptors (Lipinski definition) is 3. The van der Waals surface area contributed by atoms with E-state index in [4.69, 9.17) is 4.74 Å². The molecule has 15 heavy (non-hydrogen) atoms. The monoisotopic (exact) mass is 210 g/mol. The van der Waals surface area contributed by atoms with Crippen molar-refractivity contribution in [3.63, 3.8) is 0 Å². The zero-order chi connectivity index (χ0) is 11.3. The first kappa shape index (κ1) is 11.8. The summed E-state index contributed by atoms with van der Waals surface area (Å²) >= 11 is 0. The molecule has 0 radical (unpaired) electrons. The van der Waals surface area contributed by atoms with Crippen LogP contribution in [0.5, 0.6) is 0 Å². The first-order chi connectivity index (χ1) is 7.08. The van der Waals surface area contributed by atoms with Crippen molar-refractivity contribution in [1.29, 1.82) is 0 Å². The van der Waals surface area contributed by atoms with E-state index in [2.05, 4.69) is 18.9 Å². The molecule has 0 saturated heterocycles. The van der Waals surface area contributed by atoms with E-state index in [9.17, 15) is 4.79 Å². The fourth-order valence-electron chi connectivity index (χ4n) is 1.19. The largest absolute Gasteiger partial charge is 0.461 e. The van der Waals surface area contributed by atoms with E-state index in [1.807, 2.05) is 13.2 Å². The van der Waals surface area contributed by atoms with Gasteiger partial charge in [-0.2, -0.15) is 5.10 Å². The first-order valence-electron chi connectivity index (χ1n) is 5.21. The van der Waals surface area contributed by atoms with Gasteiger partial charge in [-0.3, -0.25) is 9.48 Å². The van der Waals surface area contributed by atoms with Gasteiger partial charge in [0.05, 0.1) is 6.20 Å². The molecule has 0 atom stereocenters. The summed E-state index contributed by atoms with van der Waals surface area (Å²) in [6.07, 6.45) is 4.93. The second-order valence-electron chi connectivity index (χ2n) is 4.12. The first-order valence-corrected chi connectivity index (χ1v) is 5.21. The van der Waals surface area contributed by atoms with Crippen molar-refractivity contribution >= 4 is 5.97 Å². The Morgan fingerprint density at radius 1 is 1.60 bits per heavy atom. The van der Waals surface area contributed by atoms with Gasteiger partial charge < -0.3 is 4.74 Å². The molecule has 0 saturated carbocycles. The van der Waals surface area contributed by atoms with Crippen molar-refractivity contribution in [3.8, 4) is 0 Å². The summed E-state index contributed by atoms with van der Waals surface area (Å²) in [5.41, 5.74) is 0.926. The summed E-state index contributed by atoms with van der Waals surface area (Å²) in [7, 11) is 1.84. The Morgan fingerprint density at radius 2 is 2.33 bits per heavy atom. The Hall–Kier alpha value is -1.32. The molecule has 0 bridgehead atoms. The lowest BCUT2D eigenvalue weighted by Crippen LogP contribution is -2.05. The van der Waals surface area contributed by atoms with Crippen LogP contribution in [0.4, 0.5) is 0 Å². The maximum atomic E-state index is 11.3. The van der Waals surface area contributed by atoms with E-state index in [0.717, 1.165) is 12.0 Å². The molecule has 0 spiro atoms. The molecule has 0 aliphatic rings. The van der Waals surface area contributed by atoms with E-state index in [0.29, 0.717) is 18.9 Å². The third-order valence-electron chi connectivity index (χ3n) is 2.08. The van der Waals surface area contributed by atoms with Gasteiger partial charge in [0.25, 0.3) is 0 Å². The van der Waals surface area contributed by atoms with E-state index < -0.39 is 0 Å². The van der Waals surface area contributed by atoms with Crippen LogP contribution in [-0.4, -0.2) is 15.7 Å². The number of hydrogen-bond donors (Lipinski definition) is 0. The van der Waals surface area contributed by atoms with Crippen molar-refractivity contribution in [3.05, 3.63) is 18.0 Å². The standard InChI is InChI=1S/C11H18N2O2/c1-9(2)4-5-11(14)15-8-10-6-12-13(3)7-10/h6-7,9H,4-5,8H2,1-3H3. The summed E-state index contributed by atoms with van der Waals surface area (Å²) < 4.78 is 6.79. The zero-order valence-electron chi connectivity index (χ0n) is 9.56. The van der Waals surface area contributed by atoms with Gasteiger partial charge >= 0.3 is 5.97 Å². The molecule has 0 unspecified atom stereocenters. The molecule has 1 aromatic rings. The summed E-state index contributed by atoms with van der Waals surface area (Å²) in [6.45, 7) is 4.51. The van der Waals surface area contributed by atoms with Gasteiger partial charge in [-0.25, -0.2) is 0 Å². The molecule has 1 rings (SSSR count). The van der Waals surface area contributed by atoms with E-state index in [-0.39, 0.29) is 5.97 Å². The van der Waals surface area contributed by atoms with Crippen LogP contribution in [0.1, 0.15) is 32.3 Å². The van der Waals surface area contributed by atoms with Gasteiger partial charge in [0.2, 0.25) is 0 Å². The summed E-state index contributed by atoms with van der Waals surface area (Å²) in [6, 6.07) is 0. The van der Waals surface area contributed by atoms with Crippen LogP contribution in [0, 0.1) is 5.92 Å². The normalized spacial score (nSPS) is 10.7. The third kappa shape index (κ3) is 4.63. The average Bonchev–Trinajstić information content (AvgIpc) is 2.58. The number of ether oxygens (including phenoxy) is 1. The molecule has 0 N–H and O–H groups in total. The maximum absolute atomic E-state index is 11.3. The lowest BCUT2D eigenvalue weighted by Gasteiger charge is -2.04. The van der Waals surface area contributed by atoms with E-state index in [1.54, 1.807) is 10.9 Å². The number of esters is 1. The molecule has 1 heterocycles. The van der Waals surface area contributed by atoms with Gasteiger partial charge in [0, 0.05) is 25.2 Å². The molecule has 0 aliphatic heterocycles. The molecule has 1 aromatic heterocycles. The highest BCUT2D eigenvalue weighted by atomic mass is 16.5. The van der Waals surface area contributed by atoms with Crippen LogP contribution in [0.25, 0.3) is 0 Å². The average molecular weight is 210 g/mol. The van der Waals surface area contributed by atoms with Crippen LogP contribution in [0.15, 0.2) is 12.4 Å². The number of aryl methyl sites for hydroxylation is 1. The highest BCUT2D eigenvalue weighted by molar-refractivity contribution is 5.69. The van der Waals surface area contributed by atoms with Crippen molar-refractivity contribution in [2.75, 3.05) is 0 Å². The lowest BCUT2D eigenvalue weighted by molar-refractivity contribution is -0.145. The topological polar surface area (TPSA) is 44.1 Å². The molecular formula is C11H18N2O2. The van der Waals surface area contributed by atoms with Crippen molar-refractivity contribution in [1.82, 2.24) is 9.78 Å². The number of aromatic nitrogens is 2. The second-order valence-corrected chi connectivity index (χ2v) is 4.12. The van der Waals surface area contributed by atoms with Crippen LogP contribution < -0.4 is 0 Å². The van der Waals surface area contributed by atoms with Crippen LogP contribution >= 0.6 is 0 Å². The predicted octanol–water partition coefficient (Wildman–Crippen LogP) is 1.90. The summed E-state index contributed by atoms with van der Waals surface area (Å²) in [5, 5.41) is 3.99. The molecule has 0 amide bonds. The summed E-state index contributed by atoms with van der Waals surface area (Å²) in [4.78, 5) is 11.3. The van der Waals surface area contributed by atoms with Gasteiger partial charge in [0.15, 0.2) is 0 Å². The fourth-order valence-corrected chi connectivity index (χ4v) is 1.19. The highest BCUT2D eigenvalue weighted by Gasteiger charge is 2.05. The van der Waals surface area contributed by atoms with Gasteiger partial charge in [-0.15, -0.1) is 0 Å². The Bertz CT molecular complexity index is 318. The van der Waals surface area contributed by atoms with Crippen molar-refractivity contribution in [2.45, 2.75) is 33.3 Å². The Balaban J connectivity index is 2.22. The molecule has 0 aromatic carbocycles. The van der Waals surface area contributed by atoms with Crippen molar-refractivity contribution < 1.29 is 9.53 Å². The minimum Gasteiger partial charge on any atom is -0.461 e. The summed E-state index contributed by atoms with van der Waals surface area (Å²) in [5.74, 6) is 0.406. The van der Waals surface area contributed by atoms with Gasteiger partial charge in [0.1, 0.15) is 6.61 Å². The van der Waals surface area contributed by atoms with Crippen LogP contribution in [-0.2, 0) is 23.2 Å². The van der Waals surface area contributed by atoms with Gasteiger partial charge in [-0.1, -0.05) is 13.8 Å². The number of carbonyl (C=O) groups excluding carboxylic acids is 1. The van der Waals surface area contributed by atoms with Gasteiger partial charge in [-0.05, 0) is 12.3 Å². The second kappa shape index (κ2) is 5.53. The molecule has 4 nitrogen and oxygen atoms in total. The number of nitrogens with zero attached hydrogens (tertiary/aromatic N) is 2. The highest BCUT2D eigenvalue weighted by Crippen LogP contribution is 2.06. The minimum atomic E-state index is -0.132. The van der Waals surface area contributed by atoms with E-state index >= 15 is 0 Å². The minimum absolute atomic E-state index is 0.132. The van der Waals surface area contributed by atoms with Crippen LogP contribution in [0.3, 0.4) is 0 Å². The number of rotatable bonds is 5. The predicted molar refractivity (Wildman–Crippen MR) is 57.1 cm³/mol. The fraction of sp³-hybridized carbons (Fsp3) is 0.636. The smallest absolute Gasteiger partial charge is 0.306 e. The van der Waals surface area contributed by atoms with Crippen LogP contribution in [0.2, 0.25) is 0 Å². The molecule has 0 fully saturated rings. The Labute approximate surface area is 90.2 Å². The quantitative estimate of drug-likeness (QED) is 0.697. The third-order valence-corrected chi connectivity index (χ3v) is 2.08. The Morgan fingerprint density at radius 3 is 2.87 bits per heavy atom. The zero-order valence-corrected chi connectivity index (χ0v) is 9.56. The molecular weight excluding hydrogens is 192 g/mol. The molecule has 0 aliphatic carbocycles. The molecule has 4 heteroatoms. The number of carbonyl (C=O) groups is 1. The van der Waals surface area contributed by atoms with Crippen molar-refractivity contribution in [2.24, 2.45) is 13.0 Å². The maximum Gasteiger partial charge on any atom is 0.306 e. The Kier molecular flexibility index (Phi) is 4.34. The molecule has 84 valence electrons. The lowest BCUT2D eigenvalue weighted by atomic mass is 10.1. The van der Waals surface area contributed by atoms with E-state index in [1.165, 1.54) is 0 Å². The SMILES string of the molecule is CC(C)CCC(=O)OCc1cnn(C)c1.